The third-order valence-electron chi connectivity index (χ3n) is 2.90. The van der Waals surface area contributed by atoms with Gasteiger partial charge in [-0.05, 0) is 36.8 Å². The smallest absolute Gasteiger partial charge is 0.269 e. The van der Waals surface area contributed by atoms with Crippen LogP contribution in [-0.4, -0.2) is 11.0 Å². The first-order valence-electron chi connectivity index (χ1n) is 6.60. The Morgan fingerprint density at radius 3 is 2.33 bits per heavy atom. The second-order valence-corrected chi connectivity index (χ2v) is 5.02. The summed E-state index contributed by atoms with van der Waals surface area (Å²) >= 11 is 5.11. The zero-order valence-electron chi connectivity index (χ0n) is 11.7. The van der Waals surface area contributed by atoms with Gasteiger partial charge in [0.05, 0.1) is 0 Å². The van der Waals surface area contributed by atoms with Gasteiger partial charge in [0.2, 0.25) is 0 Å². The highest BCUT2D eigenvalue weighted by Gasteiger charge is 2.04. The van der Waals surface area contributed by atoms with Crippen LogP contribution in [0.3, 0.4) is 0 Å². The highest BCUT2D eigenvalue weighted by molar-refractivity contribution is 7.80. The molecule has 0 radical (unpaired) electrons. The van der Waals surface area contributed by atoms with Crippen LogP contribution in [0.1, 0.15) is 21.5 Å². The molecule has 4 nitrogen and oxygen atoms in total. The maximum absolute atomic E-state index is 11.9. The van der Waals surface area contributed by atoms with Crippen molar-refractivity contribution in [1.82, 2.24) is 16.2 Å². The van der Waals surface area contributed by atoms with Gasteiger partial charge in [-0.25, -0.2) is 0 Å². The maximum atomic E-state index is 11.9. The lowest BCUT2D eigenvalue weighted by Gasteiger charge is -2.11. The minimum atomic E-state index is -0.223. The molecule has 1 amide bonds. The molecule has 108 valence electrons. The van der Waals surface area contributed by atoms with Crippen molar-refractivity contribution < 1.29 is 4.79 Å². The summed E-state index contributed by atoms with van der Waals surface area (Å²) in [4.78, 5) is 11.9. The van der Waals surface area contributed by atoms with Crippen LogP contribution >= 0.6 is 12.2 Å². The number of hydrazine groups is 1. The highest BCUT2D eigenvalue weighted by Crippen LogP contribution is 2.02. The molecule has 0 aliphatic carbocycles. The molecule has 0 unspecified atom stereocenters. The first kappa shape index (κ1) is 15.0. The second kappa shape index (κ2) is 7.40. The van der Waals surface area contributed by atoms with Gasteiger partial charge in [-0.3, -0.25) is 15.6 Å². The molecule has 0 atom stereocenters. The molecule has 0 aliphatic rings. The number of hydrogen-bond donors (Lipinski definition) is 3. The summed E-state index contributed by atoms with van der Waals surface area (Å²) in [5, 5.41) is 3.39. The molecule has 0 saturated carbocycles. The van der Waals surface area contributed by atoms with Gasteiger partial charge < -0.3 is 5.32 Å². The van der Waals surface area contributed by atoms with Crippen LogP contribution in [0, 0.1) is 6.92 Å². The van der Waals surface area contributed by atoms with E-state index in [2.05, 4.69) is 16.2 Å². The molecule has 21 heavy (non-hydrogen) atoms. The molecule has 5 heteroatoms. The average molecular weight is 299 g/mol. The van der Waals surface area contributed by atoms with Crippen molar-refractivity contribution >= 4 is 23.2 Å². The van der Waals surface area contributed by atoms with Crippen LogP contribution in [-0.2, 0) is 6.54 Å². The molecule has 2 rings (SSSR count). The van der Waals surface area contributed by atoms with E-state index in [1.165, 1.54) is 0 Å². The van der Waals surface area contributed by atoms with Crippen LogP contribution in [0.2, 0.25) is 0 Å². The van der Waals surface area contributed by atoms with E-state index in [9.17, 15) is 4.79 Å². The van der Waals surface area contributed by atoms with E-state index in [0.717, 1.165) is 11.1 Å². The van der Waals surface area contributed by atoms with Gasteiger partial charge in [-0.1, -0.05) is 48.0 Å². The predicted molar refractivity (Wildman–Crippen MR) is 87.7 cm³/mol. The molecule has 2 aromatic carbocycles. The van der Waals surface area contributed by atoms with Gasteiger partial charge in [-0.15, -0.1) is 0 Å². The topological polar surface area (TPSA) is 53.2 Å². The quantitative estimate of drug-likeness (QED) is 0.601. The SMILES string of the molecule is Cc1ccc(C(=O)NNC(=S)NCc2ccccc2)cc1. The number of hydrogen-bond acceptors (Lipinski definition) is 2. The van der Waals surface area contributed by atoms with E-state index < -0.39 is 0 Å². The molecule has 3 N–H and O–H groups in total. The van der Waals surface area contributed by atoms with Crippen LogP contribution in [0.5, 0.6) is 0 Å². The normalized spacial score (nSPS) is 9.76. The summed E-state index contributed by atoms with van der Waals surface area (Å²) in [6.45, 7) is 2.58. The van der Waals surface area contributed by atoms with Gasteiger partial charge >= 0.3 is 0 Å². The number of nitrogens with one attached hydrogen (secondary N) is 3. The summed E-state index contributed by atoms with van der Waals surface area (Å²) in [7, 11) is 0. The first-order chi connectivity index (χ1) is 10.1. The Bertz CT molecular complexity index is 611. The molecule has 0 bridgehead atoms. The van der Waals surface area contributed by atoms with Crippen molar-refractivity contribution in [3.05, 3.63) is 71.3 Å². The van der Waals surface area contributed by atoms with Crippen molar-refractivity contribution in [3.63, 3.8) is 0 Å². The molecule has 0 spiro atoms. The van der Waals surface area contributed by atoms with Crippen molar-refractivity contribution in [2.24, 2.45) is 0 Å². The Kier molecular flexibility index (Phi) is 5.29. The number of carbonyl (C=O) groups excluding carboxylic acids is 1. The lowest BCUT2D eigenvalue weighted by Crippen LogP contribution is -2.46. The Hall–Kier alpha value is -2.40. The monoisotopic (exact) mass is 299 g/mol. The standard InChI is InChI=1S/C16H17N3OS/c1-12-7-9-14(10-8-12)15(20)18-19-16(21)17-11-13-5-3-2-4-6-13/h2-10H,11H2,1H3,(H,18,20)(H2,17,19,21). The molecular formula is C16H17N3OS. The van der Waals surface area contributed by atoms with E-state index in [1.807, 2.05) is 49.4 Å². The number of carbonyl (C=O) groups is 1. The molecule has 2 aromatic rings. The fourth-order valence-corrected chi connectivity index (χ4v) is 1.84. The minimum Gasteiger partial charge on any atom is -0.357 e. The third-order valence-corrected chi connectivity index (χ3v) is 3.15. The van der Waals surface area contributed by atoms with Crippen LogP contribution < -0.4 is 16.2 Å². The average Bonchev–Trinajstić information content (AvgIpc) is 2.52. The van der Waals surface area contributed by atoms with Gasteiger partial charge in [0.25, 0.3) is 5.91 Å². The minimum absolute atomic E-state index is 0.223. The fraction of sp³-hybridized carbons (Fsp3) is 0.125. The molecule has 0 fully saturated rings. The lowest BCUT2D eigenvalue weighted by molar-refractivity contribution is 0.0943. The highest BCUT2D eigenvalue weighted by atomic mass is 32.1. The Labute approximate surface area is 129 Å². The zero-order chi connectivity index (χ0) is 15.1. The molecular weight excluding hydrogens is 282 g/mol. The molecule has 0 saturated heterocycles. The number of rotatable bonds is 3. The largest absolute Gasteiger partial charge is 0.357 e. The molecule has 0 aliphatic heterocycles. The molecule has 0 aromatic heterocycles. The number of benzene rings is 2. The molecule has 0 heterocycles. The Balaban J connectivity index is 1.76. The predicted octanol–water partition coefficient (Wildman–Crippen LogP) is 2.30. The number of aryl methyl sites for hydroxylation is 1. The van der Waals surface area contributed by atoms with Gasteiger partial charge in [0, 0.05) is 12.1 Å². The van der Waals surface area contributed by atoms with E-state index in [4.69, 9.17) is 12.2 Å². The summed E-state index contributed by atoms with van der Waals surface area (Å²) in [5.74, 6) is -0.223. The summed E-state index contributed by atoms with van der Waals surface area (Å²) < 4.78 is 0. The first-order valence-corrected chi connectivity index (χ1v) is 7.01. The second-order valence-electron chi connectivity index (χ2n) is 4.61. The van der Waals surface area contributed by atoms with Crippen LogP contribution in [0.15, 0.2) is 54.6 Å². The third kappa shape index (κ3) is 4.89. The lowest BCUT2D eigenvalue weighted by atomic mass is 10.1. The van der Waals surface area contributed by atoms with Gasteiger partial charge in [0.1, 0.15) is 0 Å². The van der Waals surface area contributed by atoms with E-state index in [0.29, 0.717) is 17.2 Å². The van der Waals surface area contributed by atoms with Gasteiger partial charge in [-0.2, -0.15) is 0 Å². The van der Waals surface area contributed by atoms with Crippen LogP contribution in [0.4, 0.5) is 0 Å². The van der Waals surface area contributed by atoms with E-state index in [1.54, 1.807) is 12.1 Å². The zero-order valence-corrected chi connectivity index (χ0v) is 12.5. The summed E-state index contributed by atoms with van der Waals surface area (Å²) in [5.41, 5.74) is 8.06. The van der Waals surface area contributed by atoms with Crippen molar-refractivity contribution in [3.8, 4) is 0 Å². The number of thiocarbonyl (C=S) groups is 1. The van der Waals surface area contributed by atoms with Crippen molar-refractivity contribution in [1.29, 1.82) is 0 Å². The van der Waals surface area contributed by atoms with Crippen LogP contribution in [0.25, 0.3) is 0 Å². The van der Waals surface area contributed by atoms with Gasteiger partial charge in [0.15, 0.2) is 5.11 Å². The van der Waals surface area contributed by atoms with E-state index >= 15 is 0 Å². The van der Waals surface area contributed by atoms with Crippen molar-refractivity contribution in [2.45, 2.75) is 13.5 Å². The van der Waals surface area contributed by atoms with E-state index in [-0.39, 0.29) is 5.91 Å². The van der Waals surface area contributed by atoms with Crippen molar-refractivity contribution in [2.75, 3.05) is 0 Å². The fourth-order valence-electron chi connectivity index (χ4n) is 1.71. The summed E-state index contributed by atoms with van der Waals surface area (Å²) in [6.07, 6.45) is 0. The Morgan fingerprint density at radius 1 is 1.00 bits per heavy atom. The Morgan fingerprint density at radius 2 is 1.67 bits per heavy atom. The maximum Gasteiger partial charge on any atom is 0.269 e. The summed E-state index contributed by atoms with van der Waals surface area (Å²) in [6, 6.07) is 17.2. The number of amides is 1.